The van der Waals surface area contributed by atoms with E-state index in [0.29, 0.717) is 5.92 Å². The average molecular weight is 274 g/mol. The Labute approximate surface area is 119 Å². The van der Waals surface area contributed by atoms with Gasteiger partial charge in [-0.05, 0) is 29.9 Å². The molecule has 4 heteroatoms. The summed E-state index contributed by atoms with van der Waals surface area (Å²) >= 11 is 0. The molecule has 3 atom stereocenters. The van der Waals surface area contributed by atoms with Crippen LogP contribution < -0.4 is 5.32 Å². The van der Waals surface area contributed by atoms with Gasteiger partial charge in [-0.1, -0.05) is 31.2 Å². The number of hydrogen-bond acceptors (Lipinski definition) is 3. The zero-order valence-electron chi connectivity index (χ0n) is 11.9. The summed E-state index contributed by atoms with van der Waals surface area (Å²) in [5.74, 6) is 0.530. The molecule has 1 fully saturated rings. The molecule has 0 aliphatic carbocycles. The molecule has 1 amide bonds. The Kier molecular flexibility index (Phi) is 3.76. The number of amides is 1. The van der Waals surface area contributed by atoms with E-state index in [0.717, 1.165) is 25.9 Å². The van der Waals surface area contributed by atoms with Crippen molar-refractivity contribution in [3.63, 3.8) is 0 Å². The molecular formula is C16H22N2O2. The lowest BCUT2D eigenvalue weighted by Gasteiger charge is -2.32. The monoisotopic (exact) mass is 274 g/mol. The number of benzene rings is 1. The first-order chi connectivity index (χ1) is 9.70. The zero-order valence-corrected chi connectivity index (χ0v) is 11.9. The molecule has 0 radical (unpaired) electrons. The lowest BCUT2D eigenvalue weighted by atomic mass is 9.95. The number of aliphatic hydroxyl groups excluding tert-OH is 1. The van der Waals surface area contributed by atoms with Gasteiger partial charge in [0.15, 0.2) is 0 Å². The second-order valence-corrected chi connectivity index (χ2v) is 5.95. The molecule has 2 unspecified atom stereocenters. The Bertz CT molecular complexity index is 503. The summed E-state index contributed by atoms with van der Waals surface area (Å²) in [6.45, 7) is 3.69. The quantitative estimate of drug-likeness (QED) is 0.843. The van der Waals surface area contributed by atoms with Crippen LogP contribution in [0.3, 0.4) is 0 Å². The molecule has 2 N–H and O–H groups in total. The number of hydrogen-bond donors (Lipinski definition) is 2. The highest BCUT2D eigenvalue weighted by Crippen LogP contribution is 2.26. The second-order valence-electron chi connectivity index (χ2n) is 5.95. The number of likely N-dealkylation sites (tertiary alicyclic amines) is 1. The minimum atomic E-state index is -0.149. The van der Waals surface area contributed by atoms with Crippen LogP contribution in [-0.4, -0.2) is 41.1 Å². The van der Waals surface area contributed by atoms with Crippen molar-refractivity contribution < 1.29 is 9.90 Å². The molecule has 1 saturated heterocycles. The maximum atomic E-state index is 12.7. The average Bonchev–Trinajstić information content (AvgIpc) is 2.86. The number of nitrogens with zero attached hydrogens (tertiary/aromatic N) is 1. The van der Waals surface area contributed by atoms with Crippen molar-refractivity contribution >= 4 is 5.91 Å². The van der Waals surface area contributed by atoms with Gasteiger partial charge >= 0.3 is 0 Å². The predicted molar refractivity (Wildman–Crippen MR) is 77.1 cm³/mol. The van der Waals surface area contributed by atoms with Gasteiger partial charge in [0.25, 0.3) is 0 Å². The van der Waals surface area contributed by atoms with Crippen LogP contribution in [0.15, 0.2) is 24.3 Å². The molecule has 2 heterocycles. The van der Waals surface area contributed by atoms with Crippen LogP contribution in [-0.2, 0) is 17.8 Å². The van der Waals surface area contributed by atoms with Crippen LogP contribution >= 0.6 is 0 Å². The van der Waals surface area contributed by atoms with Crippen LogP contribution in [0.4, 0.5) is 0 Å². The summed E-state index contributed by atoms with van der Waals surface area (Å²) < 4.78 is 0. The minimum absolute atomic E-state index is 0.0125. The minimum Gasteiger partial charge on any atom is -0.394 e. The number of carbonyl (C=O) groups excluding carboxylic acids is 1. The summed E-state index contributed by atoms with van der Waals surface area (Å²) in [4.78, 5) is 14.5. The summed E-state index contributed by atoms with van der Waals surface area (Å²) in [5.41, 5.74) is 2.54. The largest absolute Gasteiger partial charge is 0.394 e. The second kappa shape index (κ2) is 5.54. The molecule has 20 heavy (non-hydrogen) atoms. The third kappa shape index (κ3) is 2.34. The highest BCUT2D eigenvalue weighted by Gasteiger charge is 2.37. The van der Waals surface area contributed by atoms with Gasteiger partial charge in [0.2, 0.25) is 5.91 Å². The van der Waals surface area contributed by atoms with Gasteiger partial charge in [-0.25, -0.2) is 0 Å². The SMILES string of the molecule is CC1CCN(C(=O)[C@H]2Cc3ccccc3CN2)C1CO. The van der Waals surface area contributed by atoms with E-state index < -0.39 is 0 Å². The molecule has 0 aromatic heterocycles. The van der Waals surface area contributed by atoms with Crippen molar-refractivity contribution in [2.24, 2.45) is 5.92 Å². The Morgan fingerprint density at radius 3 is 2.90 bits per heavy atom. The third-order valence-electron chi connectivity index (χ3n) is 4.73. The van der Waals surface area contributed by atoms with Crippen molar-refractivity contribution in [2.75, 3.05) is 13.2 Å². The highest BCUT2D eigenvalue weighted by atomic mass is 16.3. The van der Waals surface area contributed by atoms with Crippen LogP contribution in [0.2, 0.25) is 0 Å². The first kappa shape index (κ1) is 13.6. The van der Waals surface area contributed by atoms with Gasteiger partial charge in [-0.3, -0.25) is 4.79 Å². The number of fused-ring (bicyclic) bond motifs is 1. The molecule has 1 aromatic rings. The normalized spacial score (nSPS) is 29.3. The number of rotatable bonds is 2. The van der Waals surface area contributed by atoms with Crippen LogP contribution in [0, 0.1) is 5.92 Å². The summed E-state index contributed by atoms with van der Waals surface area (Å²) in [6, 6.07) is 8.11. The fraction of sp³-hybridized carbons (Fsp3) is 0.562. The summed E-state index contributed by atoms with van der Waals surface area (Å²) in [5, 5.41) is 12.8. The number of aliphatic hydroxyl groups is 1. The van der Waals surface area contributed by atoms with E-state index in [1.807, 2.05) is 17.0 Å². The first-order valence-corrected chi connectivity index (χ1v) is 7.42. The van der Waals surface area contributed by atoms with Crippen molar-refractivity contribution in [3.8, 4) is 0 Å². The molecule has 2 aliphatic heterocycles. The van der Waals surface area contributed by atoms with Gasteiger partial charge in [-0.15, -0.1) is 0 Å². The van der Waals surface area contributed by atoms with Crippen molar-refractivity contribution in [1.29, 1.82) is 0 Å². The van der Waals surface area contributed by atoms with Crippen LogP contribution in [0.25, 0.3) is 0 Å². The summed E-state index contributed by atoms with van der Waals surface area (Å²) in [7, 11) is 0. The zero-order chi connectivity index (χ0) is 14.1. The van der Waals surface area contributed by atoms with Crippen molar-refractivity contribution in [3.05, 3.63) is 35.4 Å². The van der Waals surface area contributed by atoms with E-state index in [9.17, 15) is 9.90 Å². The van der Waals surface area contributed by atoms with Crippen LogP contribution in [0.1, 0.15) is 24.5 Å². The Morgan fingerprint density at radius 1 is 1.40 bits per heavy atom. The summed E-state index contributed by atoms with van der Waals surface area (Å²) in [6.07, 6.45) is 1.73. The molecule has 0 bridgehead atoms. The van der Waals surface area contributed by atoms with E-state index >= 15 is 0 Å². The van der Waals surface area contributed by atoms with E-state index in [1.54, 1.807) is 0 Å². The molecule has 3 rings (SSSR count). The van der Waals surface area contributed by atoms with Crippen molar-refractivity contribution in [1.82, 2.24) is 10.2 Å². The number of carbonyl (C=O) groups is 1. The highest BCUT2D eigenvalue weighted by molar-refractivity contribution is 5.83. The lowest BCUT2D eigenvalue weighted by molar-refractivity contribution is -0.135. The molecule has 4 nitrogen and oxygen atoms in total. The Balaban J connectivity index is 1.73. The van der Waals surface area contributed by atoms with Crippen LogP contribution in [0.5, 0.6) is 0 Å². The fourth-order valence-corrected chi connectivity index (χ4v) is 3.39. The van der Waals surface area contributed by atoms with E-state index in [-0.39, 0.29) is 24.6 Å². The van der Waals surface area contributed by atoms with Gasteiger partial charge in [0, 0.05) is 13.1 Å². The molecule has 2 aliphatic rings. The predicted octanol–water partition coefficient (Wildman–Crippen LogP) is 0.930. The topological polar surface area (TPSA) is 52.6 Å². The smallest absolute Gasteiger partial charge is 0.240 e. The van der Waals surface area contributed by atoms with Gasteiger partial charge < -0.3 is 15.3 Å². The maximum absolute atomic E-state index is 12.7. The maximum Gasteiger partial charge on any atom is 0.240 e. The molecule has 1 aromatic carbocycles. The van der Waals surface area contributed by atoms with Gasteiger partial charge in [0.1, 0.15) is 0 Å². The molecule has 108 valence electrons. The lowest BCUT2D eigenvalue weighted by Crippen LogP contribution is -2.52. The van der Waals surface area contributed by atoms with E-state index in [2.05, 4.69) is 24.4 Å². The van der Waals surface area contributed by atoms with Gasteiger partial charge in [-0.2, -0.15) is 0 Å². The molecule has 0 saturated carbocycles. The molecular weight excluding hydrogens is 252 g/mol. The molecule has 0 spiro atoms. The van der Waals surface area contributed by atoms with Crippen molar-refractivity contribution in [2.45, 2.75) is 38.4 Å². The number of nitrogens with one attached hydrogen (secondary N) is 1. The van der Waals surface area contributed by atoms with Gasteiger partial charge in [0.05, 0.1) is 18.7 Å². The van der Waals surface area contributed by atoms with E-state index in [4.69, 9.17) is 0 Å². The Morgan fingerprint density at radius 2 is 2.15 bits per heavy atom. The first-order valence-electron chi connectivity index (χ1n) is 7.42. The Hall–Kier alpha value is -1.39. The fourth-order valence-electron chi connectivity index (χ4n) is 3.39. The standard InChI is InChI=1S/C16H22N2O2/c1-11-6-7-18(15(11)10-19)16(20)14-8-12-4-2-3-5-13(12)9-17-14/h2-5,11,14-15,17,19H,6-10H2,1H3/t11?,14-,15?/m1/s1. The van der Waals surface area contributed by atoms with E-state index in [1.165, 1.54) is 11.1 Å². The third-order valence-corrected chi connectivity index (χ3v) is 4.73.